The lowest BCUT2D eigenvalue weighted by Gasteiger charge is -2.11. The third-order valence-electron chi connectivity index (χ3n) is 3.69. The summed E-state index contributed by atoms with van der Waals surface area (Å²) in [6, 6.07) is 2.76. The average Bonchev–Trinajstić information content (AvgIpc) is 2.61. The van der Waals surface area contributed by atoms with E-state index in [1.54, 1.807) is 0 Å². The largest absolute Gasteiger partial charge is 0.465 e. The van der Waals surface area contributed by atoms with Crippen LogP contribution in [0.3, 0.4) is 0 Å². The van der Waals surface area contributed by atoms with E-state index in [1.165, 1.54) is 12.1 Å². The van der Waals surface area contributed by atoms with Gasteiger partial charge >= 0.3 is 5.97 Å². The Kier molecular flexibility index (Phi) is 8.99. The van der Waals surface area contributed by atoms with Gasteiger partial charge in [-0.15, -0.1) is 0 Å². The van der Waals surface area contributed by atoms with Crippen molar-refractivity contribution in [2.75, 3.05) is 18.5 Å². The number of benzene rings is 1. The molecule has 10 heteroatoms. The molecule has 1 rings (SSSR count). The molecule has 0 aliphatic heterocycles. The number of nitrogens with two attached hydrogens (primary N) is 1. The first-order chi connectivity index (χ1) is 12.4. The van der Waals surface area contributed by atoms with Crippen LogP contribution in [0.1, 0.15) is 39.0 Å². The van der Waals surface area contributed by atoms with Crippen molar-refractivity contribution in [2.45, 2.75) is 45.1 Å². The normalized spacial score (nSPS) is 11.6. The summed E-state index contributed by atoms with van der Waals surface area (Å²) in [4.78, 5) is 32.0. The highest BCUT2D eigenvalue weighted by Crippen LogP contribution is 2.28. The molecular formula is C16H24N4O6. The lowest BCUT2D eigenvalue weighted by atomic mass is 10.1. The Labute approximate surface area is 151 Å². The van der Waals surface area contributed by atoms with E-state index in [-0.39, 0.29) is 17.1 Å². The summed E-state index contributed by atoms with van der Waals surface area (Å²) >= 11 is 0. The van der Waals surface area contributed by atoms with Crippen LogP contribution in [-0.2, 0) is 9.53 Å². The SMILES string of the molecule is CCCCOC(=O)C(N)CCCCNc1ccc([N+](=O)[O-])cc1[N+](=O)[O-]. The zero-order valence-electron chi connectivity index (χ0n) is 14.7. The predicted molar refractivity (Wildman–Crippen MR) is 95.9 cm³/mol. The van der Waals surface area contributed by atoms with Gasteiger partial charge in [-0.2, -0.15) is 0 Å². The predicted octanol–water partition coefficient (Wildman–Crippen LogP) is 2.76. The number of non-ortho nitro benzene ring substituents is 1. The van der Waals surface area contributed by atoms with Gasteiger partial charge in [-0.05, 0) is 31.7 Å². The molecule has 1 aromatic rings. The lowest BCUT2D eigenvalue weighted by molar-refractivity contribution is -0.393. The molecule has 0 saturated heterocycles. The van der Waals surface area contributed by atoms with Gasteiger partial charge in [0.25, 0.3) is 11.4 Å². The van der Waals surface area contributed by atoms with Crippen molar-refractivity contribution in [1.29, 1.82) is 0 Å². The van der Waals surface area contributed by atoms with Crippen LogP contribution >= 0.6 is 0 Å². The molecule has 1 unspecified atom stereocenters. The van der Waals surface area contributed by atoms with Crippen molar-refractivity contribution in [2.24, 2.45) is 5.73 Å². The molecule has 0 amide bonds. The molecule has 1 aromatic carbocycles. The fourth-order valence-corrected chi connectivity index (χ4v) is 2.19. The van der Waals surface area contributed by atoms with E-state index in [0.717, 1.165) is 18.9 Å². The third kappa shape index (κ3) is 7.01. The Hall–Kier alpha value is -2.75. The molecule has 10 nitrogen and oxygen atoms in total. The van der Waals surface area contributed by atoms with Crippen LogP contribution < -0.4 is 11.1 Å². The standard InChI is InChI=1S/C16H24N4O6/c1-2-3-10-26-16(21)13(17)6-4-5-9-18-14-8-7-12(19(22)23)11-15(14)20(24)25/h7-8,11,13,18H,2-6,9-10,17H2,1H3. The number of nitrogens with one attached hydrogen (secondary N) is 1. The molecule has 0 spiro atoms. The number of nitro benzene ring substituents is 2. The summed E-state index contributed by atoms with van der Waals surface area (Å²) in [7, 11) is 0. The topological polar surface area (TPSA) is 151 Å². The van der Waals surface area contributed by atoms with E-state index in [2.05, 4.69) is 5.32 Å². The van der Waals surface area contributed by atoms with Crippen molar-refractivity contribution in [3.63, 3.8) is 0 Å². The van der Waals surface area contributed by atoms with Gasteiger partial charge in [-0.25, -0.2) is 0 Å². The quantitative estimate of drug-likeness (QED) is 0.247. The maximum absolute atomic E-state index is 11.6. The number of hydrogen-bond acceptors (Lipinski definition) is 8. The van der Waals surface area contributed by atoms with E-state index >= 15 is 0 Å². The number of unbranched alkanes of at least 4 members (excludes halogenated alkanes) is 2. The highest BCUT2D eigenvalue weighted by molar-refractivity contribution is 5.75. The van der Waals surface area contributed by atoms with Gasteiger partial charge in [0.15, 0.2) is 0 Å². The Bertz CT molecular complexity index is 637. The first-order valence-corrected chi connectivity index (χ1v) is 8.45. The minimum atomic E-state index is -0.683. The van der Waals surface area contributed by atoms with Crippen molar-refractivity contribution >= 4 is 23.0 Å². The first-order valence-electron chi connectivity index (χ1n) is 8.45. The maximum atomic E-state index is 11.6. The Balaban J connectivity index is 2.40. The van der Waals surface area contributed by atoms with Gasteiger partial charge in [0.05, 0.1) is 22.5 Å². The minimum Gasteiger partial charge on any atom is -0.465 e. The van der Waals surface area contributed by atoms with Gasteiger partial charge in [-0.1, -0.05) is 13.3 Å². The van der Waals surface area contributed by atoms with Crippen LogP contribution in [0.2, 0.25) is 0 Å². The summed E-state index contributed by atoms with van der Waals surface area (Å²) in [6.07, 6.45) is 3.45. The number of carbonyl (C=O) groups excluding carboxylic acids is 1. The van der Waals surface area contributed by atoms with E-state index in [0.29, 0.717) is 32.4 Å². The Morgan fingerprint density at radius 1 is 1.23 bits per heavy atom. The van der Waals surface area contributed by atoms with Gasteiger partial charge < -0.3 is 15.8 Å². The molecule has 0 saturated carbocycles. The number of carbonyl (C=O) groups is 1. The van der Waals surface area contributed by atoms with Crippen molar-refractivity contribution in [3.05, 3.63) is 38.4 Å². The summed E-state index contributed by atoms with van der Waals surface area (Å²) in [5.74, 6) is -0.419. The molecule has 3 N–H and O–H groups in total. The van der Waals surface area contributed by atoms with Crippen LogP contribution in [0.25, 0.3) is 0 Å². The number of nitro groups is 2. The molecule has 0 fully saturated rings. The van der Waals surface area contributed by atoms with Crippen LogP contribution in [0.15, 0.2) is 18.2 Å². The molecule has 0 heterocycles. The number of esters is 1. The van der Waals surface area contributed by atoms with Crippen molar-refractivity contribution < 1.29 is 19.4 Å². The number of hydrogen-bond donors (Lipinski definition) is 2. The van der Waals surface area contributed by atoms with Gasteiger partial charge in [0.2, 0.25) is 0 Å². The summed E-state index contributed by atoms with van der Waals surface area (Å²) in [6.45, 7) is 2.78. The van der Waals surface area contributed by atoms with Gasteiger partial charge in [0.1, 0.15) is 11.7 Å². The molecule has 0 aromatic heterocycles. The monoisotopic (exact) mass is 368 g/mol. The highest BCUT2D eigenvalue weighted by atomic mass is 16.6. The van der Waals surface area contributed by atoms with Crippen LogP contribution in [-0.4, -0.2) is 35.0 Å². The summed E-state index contributed by atoms with van der Waals surface area (Å²) in [5.41, 5.74) is 5.28. The second-order valence-electron chi connectivity index (χ2n) is 5.77. The van der Waals surface area contributed by atoms with Crippen molar-refractivity contribution in [1.82, 2.24) is 0 Å². The first kappa shape index (κ1) is 21.3. The Morgan fingerprint density at radius 2 is 1.96 bits per heavy atom. The number of rotatable bonds is 12. The molecule has 1 atom stereocenters. The molecule has 0 aliphatic rings. The fraction of sp³-hybridized carbons (Fsp3) is 0.562. The molecule has 144 valence electrons. The van der Waals surface area contributed by atoms with Crippen molar-refractivity contribution in [3.8, 4) is 0 Å². The molecule has 26 heavy (non-hydrogen) atoms. The van der Waals surface area contributed by atoms with Gasteiger partial charge in [-0.3, -0.25) is 25.0 Å². The third-order valence-corrected chi connectivity index (χ3v) is 3.69. The summed E-state index contributed by atoms with van der Waals surface area (Å²) in [5, 5.41) is 24.6. The van der Waals surface area contributed by atoms with Crippen LogP contribution in [0.4, 0.5) is 17.1 Å². The molecular weight excluding hydrogens is 344 g/mol. The molecule has 0 aliphatic carbocycles. The Morgan fingerprint density at radius 3 is 2.58 bits per heavy atom. The average molecular weight is 368 g/mol. The fourth-order valence-electron chi connectivity index (χ4n) is 2.19. The lowest BCUT2D eigenvalue weighted by Crippen LogP contribution is -2.32. The van der Waals surface area contributed by atoms with Crippen LogP contribution in [0, 0.1) is 20.2 Å². The second kappa shape index (κ2) is 11.0. The number of ether oxygens (including phenoxy) is 1. The minimum absolute atomic E-state index is 0.212. The summed E-state index contributed by atoms with van der Waals surface area (Å²) < 4.78 is 5.03. The maximum Gasteiger partial charge on any atom is 0.322 e. The molecule has 0 radical (unpaired) electrons. The number of anilines is 1. The zero-order valence-corrected chi connectivity index (χ0v) is 14.7. The number of nitrogens with zero attached hydrogens (tertiary/aromatic N) is 2. The molecule has 0 bridgehead atoms. The van der Waals surface area contributed by atoms with Crippen LogP contribution in [0.5, 0.6) is 0 Å². The smallest absolute Gasteiger partial charge is 0.322 e. The highest BCUT2D eigenvalue weighted by Gasteiger charge is 2.19. The van der Waals surface area contributed by atoms with E-state index < -0.39 is 21.9 Å². The van der Waals surface area contributed by atoms with Gasteiger partial charge in [0, 0.05) is 12.6 Å². The second-order valence-corrected chi connectivity index (χ2v) is 5.77. The van der Waals surface area contributed by atoms with E-state index in [1.807, 2.05) is 6.92 Å². The van der Waals surface area contributed by atoms with E-state index in [9.17, 15) is 25.0 Å². The zero-order chi connectivity index (χ0) is 19.5. The van der Waals surface area contributed by atoms with E-state index in [4.69, 9.17) is 10.5 Å².